The van der Waals surface area contributed by atoms with Crippen LogP contribution < -0.4 is 0 Å². The van der Waals surface area contributed by atoms with Crippen molar-refractivity contribution in [1.29, 1.82) is 0 Å². The lowest BCUT2D eigenvalue weighted by molar-refractivity contribution is -0.137. The highest BCUT2D eigenvalue weighted by atomic mass is 16.4. The van der Waals surface area contributed by atoms with Gasteiger partial charge < -0.3 is 15.3 Å². The summed E-state index contributed by atoms with van der Waals surface area (Å²) in [5, 5.41) is 29.1. The number of aliphatic hydroxyl groups is 2. The smallest absolute Gasteiger partial charge is 0.303 e. The third kappa shape index (κ3) is 8.10. The Labute approximate surface area is 162 Å². The first kappa shape index (κ1) is 21.4. The Morgan fingerprint density at radius 1 is 1.19 bits per heavy atom. The number of benzene rings is 1. The predicted octanol–water partition coefficient (Wildman–Crippen LogP) is 4.12. The van der Waals surface area contributed by atoms with Gasteiger partial charge in [0, 0.05) is 12.3 Å². The monoisotopic (exact) mass is 372 g/mol. The Morgan fingerprint density at radius 3 is 2.70 bits per heavy atom. The maximum Gasteiger partial charge on any atom is 0.303 e. The van der Waals surface area contributed by atoms with Gasteiger partial charge in [0.2, 0.25) is 0 Å². The van der Waals surface area contributed by atoms with E-state index in [1.54, 1.807) is 0 Å². The zero-order valence-corrected chi connectivity index (χ0v) is 15.9. The summed E-state index contributed by atoms with van der Waals surface area (Å²) < 4.78 is 0. The van der Waals surface area contributed by atoms with E-state index in [0.717, 1.165) is 32.1 Å². The average molecular weight is 373 g/mol. The van der Waals surface area contributed by atoms with E-state index in [1.165, 1.54) is 5.56 Å². The number of carboxylic acids is 1. The molecule has 0 aliphatic heterocycles. The number of rotatable bonds is 11. The van der Waals surface area contributed by atoms with E-state index in [9.17, 15) is 15.0 Å². The van der Waals surface area contributed by atoms with E-state index in [2.05, 4.69) is 18.2 Å². The Morgan fingerprint density at radius 2 is 1.96 bits per heavy atom. The molecule has 0 amide bonds. The molecule has 0 unspecified atom stereocenters. The summed E-state index contributed by atoms with van der Waals surface area (Å²) in [5.74, 6) is -0.285. The van der Waals surface area contributed by atoms with Crippen LogP contribution in [0.5, 0.6) is 0 Å². The fourth-order valence-electron chi connectivity index (χ4n) is 3.72. The lowest BCUT2D eigenvalue weighted by atomic mass is 9.90. The van der Waals surface area contributed by atoms with Gasteiger partial charge in [-0.1, -0.05) is 54.6 Å². The van der Waals surface area contributed by atoms with Crippen LogP contribution in [0.3, 0.4) is 0 Å². The molecule has 4 nitrogen and oxygen atoms in total. The van der Waals surface area contributed by atoms with Crippen LogP contribution in [0.1, 0.15) is 50.5 Å². The SMILES string of the molecule is O=C(O)CCCC=CC[C@H]1CC[C@@H](O)[C@@H]1C=C[C@@H](O)CCc1ccccc1. The summed E-state index contributed by atoms with van der Waals surface area (Å²) in [4.78, 5) is 10.5. The van der Waals surface area contributed by atoms with Crippen LogP contribution in [-0.2, 0) is 11.2 Å². The molecule has 0 heterocycles. The highest BCUT2D eigenvalue weighted by Gasteiger charge is 2.32. The number of carbonyl (C=O) groups is 1. The molecular weight excluding hydrogens is 340 g/mol. The molecule has 0 bridgehead atoms. The van der Waals surface area contributed by atoms with Crippen molar-refractivity contribution >= 4 is 5.97 Å². The van der Waals surface area contributed by atoms with Gasteiger partial charge in [-0.2, -0.15) is 0 Å². The summed E-state index contributed by atoms with van der Waals surface area (Å²) in [6.07, 6.45) is 13.0. The largest absolute Gasteiger partial charge is 0.481 e. The average Bonchev–Trinajstić information content (AvgIpc) is 3.01. The van der Waals surface area contributed by atoms with Gasteiger partial charge in [-0.25, -0.2) is 0 Å². The molecule has 148 valence electrons. The van der Waals surface area contributed by atoms with Crippen LogP contribution in [0.25, 0.3) is 0 Å². The first-order chi connectivity index (χ1) is 13.1. The fraction of sp³-hybridized carbons (Fsp3) is 0.522. The van der Waals surface area contributed by atoms with E-state index in [4.69, 9.17) is 5.11 Å². The van der Waals surface area contributed by atoms with Crippen molar-refractivity contribution < 1.29 is 20.1 Å². The van der Waals surface area contributed by atoms with E-state index in [0.29, 0.717) is 18.8 Å². The number of unbranched alkanes of at least 4 members (excludes halogenated alkanes) is 1. The van der Waals surface area contributed by atoms with Crippen LogP contribution in [0.15, 0.2) is 54.6 Å². The van der Waals surface area contributed by atoms with E-state index in [1.807, 2.05) is 36.4 Å². The topological polar surface area (TPSA) is 77.8 Å². The van der Waals surface area contributed by atoms with Crippen LogP contribution in [0.4, 0.5) is 0 Å². The normalized spacial score (nSPS) is 24.0. The van der Waals surface area contributed by atoms with Gasteiger partial charge in [-0.3, -0.25) is 4.79 Å². The first-order valence-electron chi connectivity index (χ1n) is 10.0. The number of aliphatic hydroxyl groups excluding tert-OH is 2. The van der Waals surface area contributed by atoms with E-state index >= 15 is 0 Å². The number of hydrogen-bond acceptors (Lipinski definition) is 3. The van der Waals surface area contributed by atoms with Crippen LogP contribution in [0.2, 0.25) is 0 Å². The molecule has 1 aliphatic carbocycles. The summed E-state index contributed by atoms with van der Waals surface area (Å²) >= 11 is 0. The van der Waals surface area contributed by atoms with E-state index in [-0.39, 0.29) is 18.4 Å². The molecule has 0 radical (unpaired) electrons. The van der Waals surface area contributed by atoms with Gasteiger partial charge in [0.15, 0.2) is 0 Å². The Balaban J connectivity index is 1.75. The molecule has 2 rings (SSSR count). The number of carboxylic acid groups (broad SMARTS) is 1. The van der Waals surface area contributed by atoms with Crippen molar-refractivity contribution in [2.45, 2.75) is 63.6 Å². The summed E-state index contributed by atoms with van der Waals surface area (Å²) in [6, 6.07) is 10.1. The zero-order valence-electron chi connectivity index (χ0n) is 15.9. The molecule has 1 aromatic carbocycles. The third-order valence-electron chi connectivity index (χ3n) is 5.32. The fourth-order valence-corrected chi connectivity index (χ4v) is 3.72. The molecule has 0 saturated heterocycles. The maximum absolute atomic E-state index is 10.5. The second kappa shape index (κ2) is 11.7. The second-order valence-corrected chi connectivity index (χ2v) is 7.45. The molecular formula is C23H32O4. The maximum atomic E-state index is 10.5. The predicted molar refractivity (Wildman–Crippen MR) is 107 cm³/mol. The molecule has 1 saturated carbocycles. The highest BCUT2D eigenvalue weighted by molar-refractivity contribution is 5.66. The molecule has 4 heteroatoms. The minimum atomic E-state index is -0.752. The minimum Gasteiger partial charge on any atom is -0.481 e. The Kier molecular flexibility index (Phi) is 9.29. The summed E-state index contributed by atoms with van der Waals surface area (Å²) in [5.41, 5.74) is 1.22. The molecule has 0 spiro atoms. The van der Waals surface area contributed by atoms with Crippen molar-refractivity contribution in [3.8, 4) is 0 Å². The molecule has 1 fully saturated rings. The number of aliphatic carboxylic acids is 1. The summed E-state index contributed by atoms with van der Waals surface area (Å²) in [6.45, 7) is 0. The van der Waals surface area contributed by atoms with Gasteiger partial charge in [-0.05, 0) is 56.4 Å². The third-order valence-corrected chi connectivity index (χ3v) is 5.32. The van der Waals surface area contributed by atoms with Crippen LogP contribution in [-0.4, -0.2) is 33.5 Å². The number of aryl methyl sites for hydroxylation is 1. The molecule has 0 aromatic heterocycles. The molecule has 1 aliphatic rings. The van der Waals surface area contributed by atoms with Crippen molar-refractivity contribution in [3.63, 3.8) is 0 Å². The van der Waals surface area contributed by atoms with Crippen LogP contribution in [0, 0.1) is 11.8 Å². The summed E-state index contributed by atoms with van der Waals surface area (Å²) in [7, 11) is 0. The zero-order chi connectivity index (χ0) is 19.5. The number of allylic oxidation sites excluding steroid dienone is 2. The quantitative estimate of drug-likeness (QED) is 0.403. The van der Waals surface area contributed by atoms with Crippen molar-refractivity contribution in [1.82, 2.24) is 0 Å². The molecule has 4 atom stereocenters. The Bertz CT molecular complexity index is 608. The van der Waals surface area contributed by atoms with Crippen molar-refractivity contribution in [3.05, 3.63) is 60.2 Å². The number of hydrogen-bond donors (Lipinski definition) is 3. The van der Waals surface area contributed by atoms with Gasteiger partial charge in [0.05, 0.1) is 12.2 Å². The highest BCUT2D eigenvalue weighted by Crippen LogP contribution is 2.36. The second-order valence-electron chi connectivity index (χ2n) is 7.45. The van der Waals surface area contributed by atoms with Gasteiger partial charge >= 0.3 is 5.97 Å². The molecule has 3 N–H and O–H groups in total. The Hall–Kier alpha value is -1.91. The lowest BCUT2D eigenvalue weighted by Crippen LogP contribution is -2.17. The molecule has 1 aromatic rings. The van der Waals surface area contributed by atoms with Crippen molar-refractivity contribution in [2.75, 3.05) is 0 Å². The van der Waals surface area contributed by atoms with Crippen LogP contribution >= 0.6 is 0 Å². The minimum absolute atomic E-state index is 0.0834. The molecule has 27 heavy (non-hydrogen) atoms. The van der Waals surface area contributed by atoms with E-state index < -0.39 is 12.1 Å². The van der Waals surface area contributed by atoms with Gasteiger partial charge in [-0.15, -0.1) is 0 Å². The first-order valence-corrected chi connectivity index (χ1v) is 10.0. The van der Waals surface area contributed by atoms with Gasteiger partial charge in [0.1, 0.15) is 0 Å². The van der Waals surface area contributed by atoms with Crippen molar-refractivity contribution in [2.24, 2.45) is 11.8 Å². The lowest BCUT2D eigenvalue weighted by Gasteiger charge is -2.18. The van der Waals surface area contributed by atoms with Gasteiger partial charge in [0.25, 0.3) is 0 Å². The standard InChI is InChI=1S/C23H32O4/c24-20(14-12-18-8-4-3-5-9-18)15-16-21-19(13-17-22(21)25)10-6-1-2-7-11-23(26)27/h1,3-6,8-9,15-16,19-22,24-25H,2,7,10-14,17H2,(H,26,27)/t19-,20-,21+,22+/m0/s1.